The molecule has 0 aromatic carbocycles. The molecule has 0 saturated carbocycles. The molecule has 0 bridgehead atoms. The first kappa shape index (κ1) is 14.1. The van der Waals surface area contributed by atoms with Crippen molar-refractivity contribution in [1.29, 1.82) is 0 Å². The van der Waals surface area contributed by atoms with Crippen molar-refractivity contribution in [2.24, 2.45) is 5.41 Å². The van der Waals surface area contributed by atoms with Gasteiger partial charge in [0.2, 0.25) is 0 Å². The van der Waals surface area contributed by atoms with Gasteiger partial charge in [-0.25, -0.2) is 4.52 Å². The lowest BCUT2D eigenvalue weighted by molar-refractivity contribution is 0.0937. The van der Waals surface area contributed by atoms with Gasteiger partial charge in [-0.2, -0.15) is 5.10 Å². The van der Waals surface area contributed by atoms with E-state index in [-0.39, 0.29) is 11.3 Å². The fourth-order valence-electron chi connectivity index (χ4n) is 1.87. The van der Waals surface area contributed by atoms with Gasteiger partial charge in [-0.1, -0.05) is 35.8 Å². The van der Waals surface area contributed by atoms with Crippen LogP contribution < -0.4 is 5.32 Å². The first-order valence-corrected chi connectivity index (χ1v) is 7.42. The van der Waals surface area contributed by atoms with E-state index in [4.69, 9.17) is 0 Å². The van der Waals surface area contributed by atoms with E-state index < -0.39 is 0 Å². The van der Waals surface area contributed by atoms with Gasteiger partial charge in [0.15, 0.2) is 0 Å². The third-order valence-corrected chi connectivity index (χ3v) is 3.57. The Morgan fingerprint density at radius 3 is 3.00 bits per heavy atom. The molecule has 0 fully saturated rings. The maximum Gasteiger partial charge on any atom is 0.255 e. The Kier molecular flexibility index (Phi) is 4.24. The second kappa shape index (κ2) is 5.74. The molecule has 0 aliphatic carbocycles. The van der Waals surface area contributed by atoms with Crippen molar-refractivity contribution >= 4 is 27.4 Å². The number of nitrogens with zero attached hydrogens (tertiary/aromatic N) is 2. The average Bonchev–Trinajstić information content (AvgIpc) is 2.80. The lowest BCUT2D eigenvalue weighted by Gasteiger charge is -2.23. The van der Waals surface area contributed by atoms with Gasteiger partial charge >= 0.3 is 0 Å². The highest BCUT2D eigenvalue weighted by Gasteiger charge is 2.19. The van der Waals surface area contributed by atoms with Crippen LogP contribution >= 0.6 is 15.9 Å². The summed E-state index contributed by atoms with van der Waals surface area (Å²) in [5, 5.41) is 8.10. The maximum atomic E-state index is 12.2. The molecule has 5 heteroatoms. The second-order valence-corrected chi connectivity index (χ2v) is 6.17. The summed E-state index contributed by atoms with van der Waals surface area (Å²) in [6.45, 7) is 4.94. The van der Waals surface area contributed by atoms with Crippen LogP contribution in [0.25, 0.3) is 5.52 Å². The molecule has 4 nitrogen and oxygen atoms in total. The molecule has 19 heavy (non-hydrogen) atoms. The third-order valence-electron chi connectivity index (χ3n) is 3.17. The molecule has 0 unspecified atom stereocenters. The summed E-state index contributed by atoms with van der Waals surface area (Å²) in [4.78, 5) is 12.2. The van der Waals surface area contributed by atoms with E-state index >= 15 is 0 Å². The van der Waals surface area contributed by atoms with Gasteiger partial charge in [0.25, 0.3) is 5.91 Å². The zero-order chi connectivity index (χ0) is 13.9. The number of nitrogens with one attached hydrogen (secondary N) is 1. The van der Waals surface area contributed by atoms with Crippen molar-refractivity contribution in [2.75, 3.05) is 11.9 Å². The van der Waals surface area contributed by atoms with Crippen LogP contribution in [0.1, 0.15) is 30.6 Å². The first-order chi connectivity index (χ1) is 9.03. The maximum absolute atomic E-state index is 12.2. The van der Waals surface area contributed by atoms with Crippen molar-refractivity contribution in [3.63, 3.8) is 0 Å². The van der Waals surface area contributed by atoms with E-state index in [1.807, 2.05) is 24.4 Å². The van der Waals surface area contributed by atoms with E-state index in [9.17, 15) is 4.79 Å². The minimum absolute atomic E-state index is 0.0659. The lowest BCUT2D eigenvalue weighted by Crippen LogP contribution is -2.34. The normalized spacial score (nSPS) is 11.7. The number of aromatic nitrogens is 2. The number of carbonyl (C=O) groups is 1. The fourth-order valence-corrected chi connectivity index (χ4v) is 2.94. The number of alkyl halides is 1. The van der Waals surface area contributed by atoms with Gasteiger partial charge < -0.3 is 5.32 Å². The van der Waals surface area contributed by atoms with Crippen molar-refractivity contribution in [3.8, 4) is 0 Å². The van der Waals surface area contributed by atoms with Crippen molar-refractivity contribution in [1.82, 2.24) is 14.9 Å². The van der Waals surface area contributed by atoms with Gasteiger partial charge in [0.05, 0.1) is 17.3 Å². The minimum atomic E-state index is -0.0659. The summed E-state index contributed by atoms with van der Waals surface area (Å²) in [6, 6.07) is 5.69. The molecule has 0 spiro atoms. The highest BCUT2D eigenvalue weighted by Crippen LogP contribution is 2.20. The van der Waals surface area contributed by atoms with Crippen LogP contribution in [0.5, 0.6) is 0 Å². The van der Waals surface area contributed by atoms with Gasteiger partial charge in [-0.05, 0) is 24.0 Å². The van der Waals surface area contributed by atoms with E-state index in [1.54, 1.807) is 10.7 Å². The highest BCUT2D eigenvalue weighted by atomic mass is 79.9. The lowest BCUT2D eigenvalue weighted by atomic mass is 9.90. The third kappa shape index (κ3) is 3.35. The predicted molar refractivity (Wildman–Crippen MR) is 79.7 cm³/mol. The number of hydrogen-bond donors (Lipinski definition) is 1. The number of carbonyl (C=O) groups excluding carboxylic acids is 1. The summed E-state index contributed by atoms with van der Waals surface area (Å²) in [7, 11) is 0. The quantitative estimate of drug-likeness (QED) is 0.860. The molecule has 0 radical (unpaired) electrons. The summed E-state index contributed by atoms with van der Waals surface area (Å²) < 4.78 is 1.71. The van der Waals surface area contributed by atoms with E-state index in [2.05, 4.69) is 40.2 Å². The van der Waals surface area contributed by atoms with Crippen molar-refractivity contribution in [3.05, 3.63) is 36.2 Å². The zero-order valence-electron chi connectivity index (χ0n) is 11.2. The Hall–Kier alpha value is -1.36. The molecule has 102 valence electrons. The monoisotopic (exact) mass is 323 g/mol. The van der Waals surface area contributed by atoms with Crippen LogP contribution in [0.15, 0.2) is 30.6 Å². The topological polar surface area (TPSA) is 46.4 Å². The number of halogens is 1. The second-order valence-electron chi connectivity index (χ2n) is 5.37. The fraction of sp³-hybridized carbons (Fsp3) is 0.429. The molecule has 2 aromatic rings. The van der Waals surface area contributed by atoms with Crippen LogP contribution in [0.3, 0.4) is 0 Å². The zero-order valence-corrected chi connectivity index (χ0v) is 12.8. The molecular formula is C14H18BrN3O. The Morgan fingerprint density at radius 1 is 1.47 bits per heavy atom. The molecule has 0 atom stereocenters. The Morgan fingerprint density at radius 2 is 2.26 bits per heavy atom. The van der Waals surface area contributed by atoms with E-state index in [0.717, 1.165) is 17.3 Å². The number of amides is 1. The molecule has 0 aliphatic heterocycles. The summed E-state index contributed by atoms with van der Waals surface area (Å²) >= 11 is 3.44. The van der Waals surface area contributed by atoms with Gasteiger partial charge in [-0.15, -0.1) is 0 Å². The summed E-state index contributed by atoms with van der Waals surface area (Å²) in [5.74, 6) is -0.0659. The SMILES string of the molecule is CC(C)(CCBr)CNC(=O)c1cnn2ccccc12. The Balaban J connectivity index is 2.08. The van der Waals surface area contributed by atoms with Crippen LogP contribution in [-0.4, -0.2) is 27.4 Å². The van der Waals surface area contributed by atoms with Gasteiger partial charge in [0, 0.05) is 18.1 Å². The molecule has 1 N–H and O–H groups in total. The molecular weight excluding hydrogens is 306 g/mol. The standard InChI is InChI=1S/C14H18BrN3O/c1-14(2,6-7-15)10-16-13(19)11-9-17-18-8-4-3-5-12(11)18/h3-5,8-9H,6-7,10H2,1-2H3,(H,16,19). The van der Waals surface area contributed by atoms with Crippen molar-refractivity contribution < 1.29 is 4.79 Å². The van der Waals surface area contributed by atoms with Crippen LogP contribution in [0.2, 0.25) is 0 Å². The molecule has 2 rings (SSSR count). The molecule has 1 amide bonds. The molecule has 2 heterocycles. The first-order valence-electron chi connectivity index (χ1n) is 6.30. The summed E-state index contributed by atoms with van der Waals surface area (Å²) in [6.07, 6.45) is 4.46. The van der Waals surface area contributed by atoms with Gasteiger partial charge in [-0.3, -0.25) is 4.79 Å². The predicted octanol–water partition coefficient (Wildman–Crippen LogP) is 2.88. The van der Waals surface area contributed by atoms with Crippen LogP contribution in [0.4, 0.5) is 0 Å². The Bertz CT molecular complexity index is 577. The van der Waals surface area contributed by atoms with Crippen LogP contribution in [0, 0.1) is 5.41 Å². The van der Waals surface area contributed by atoms with E-state index in [1.165, 1.54) is 0 Å². The number of pyridine rings is 1. The Labute approximate surface area is 121 Å². The minimum Gasteiger partial charge on any atom is -0.351 e. The smallest absolute Gasteiger partial charge is 0.255 e. The summed E-state index contributed by atoms with van der Waals surface area (Å²) in [5.41, 5.74) is 1.54. The van der Waals surface area contributed by atoms with Crippen molar-refractivity contribution in [2.45, 2.75) is 20.3 Å². The van der Waals surface area contributed by atoms with E-state index in [0.29, 0.717) is 12.1 Å². The average molecular weight is 324 g/mol. The highest BCUT2D eigenvalue weighted by molar-refractivity contribution is 9.09. The molecule has 0 aliphatic rings. The number of rotatable bonds is 5. The van der Waals surface area contributed by atoms with Gasteiger partial charge in [0.1, 0.15) is 0 Å². The largest absolute Gasteiger partial charge is 0.351 e. The number of hydrogen-bond acceptors (Lipinski definition) is 2. The van der Waals surface area contributed by atoms with Crippen LogP contribution in [-0.2, 0) is 0 Å². The number of fused-ring (bicyclic) bond motifs is 1. The molecule has 2 aromatic heterocycles. The molecule has 0 saturated heterocycles.